The van der Waals surface area contributed by atoms with Gasteiger partial charge in [-0.15, -0.1) is 0 Å². The molecular formula is C30H48O. The van der Waals surface area contributed by atoms with Gasteiger partial charge in [0.05, 0.1) is 0 Å². The summed E-state index contributed by atoms with van der Waals surface area (Å²) < 4.78 is 0. The number of hydrogen-bond donors (Lipinski definition) is 0. The summed E-state index contributed by atoms with van der Waals surface area (Å²) in [6.45, 7) is 20.1. The predicted molar refractivity (Wildman–Crippen MR) is 130 cm³/mol. The van der Waals surface area contributed by atoms with Crippen LogP contribution in [0, 0.1) is 62.6 Å². The van der Waals surface area contributed by atoms with E-state index in [2.05, 4.69) is 61.5 Å². The average Bonchev–Trinajstić information content (AvgIpc) is 3.04. The van der Waals surface area contributed by atoms with Crippen LogP contribution in [0.2, 0.25) is 0 Å². The third kappa shape index (κ3) is 2.59. The highest BCUT2D eigenvalue weighted by molar-refractivity contribution is 5.95. The van der Waals surface area contributed by atoms with Gasteiger partial charge in [0, 0.05) is 5.41 Å². The fourth-order valence-electron chi connectivity index (χ4n) is 11.0. The van der Waals surface area contributed by atoms with E-state index < -0.39 is 0 Å². The third-order valence-corrected chi connectivity index (χ3v) is 13.0. The van der Waals surface area contributed by atoms with Crippen LogP contribution in [0.15, 0.2) is 12.2 Å². The van der Waals surface area contributed by atoms with Crippen molar-refractivity contribution in [3.8, 4) is 0 Å². The van der Waals surface area contributed by atoms with Crippen LogP contribution in [0.1, 0.15) is 107 Å². The molecule has 0 aromatic heterocycles. The molecule has 0 heterocycles. The fourth-order valence-corrected chi connectivity index (χ4v) is 11.0. The van der Waals surface area contributed by atoms with Gasteiger partial charge in [0.2, 0.25) is 0 Å². The summed E-state index contributed by atoms with van der Waals surface area (Å²) in [6, 6.07) is 0. The van der Waals surface area contributed by atoms with E-state index in [9.17, 15) is 4.79 Å². The summed E-state index contributed by atoms with van der Waals surface area (Å²) >= 11 is 0. The minimum absolute atomic E-state index is 0.173. The Kier molecular flexibility index (Phi) is 4.66. The Hall–Kier alpha value is -0.590. The van der Waals surface area contributed by atoms with Crippen molar-refractivity contribution < 1.29 is 4.79 Å². The van der Waals surface area contributed by atoms with E-state index >= 15 is 0 Å². The summed E-state index contributed by atoms with van der Waals surface area (Å²) in [5, 5.41) is 0. The first-order chi connectivity index (χ1) is 14.3. The number of rotatable bonds is 1. The van der Waals surface area contributed by atoms with Gasteiger partial charge in [0.1, 0.15) is 0 Å². The SMILES string of the molecule is CC(C)C1CCC2(C)CCC3(C)C(CCC4C5(C)C=CC(=O)C(C)(C)C5CCC43C)C12. The molecule has 0 bridgehead atoms. The molecule has 0 saturated heterocycles. The van der Waals surface area contributed by atoms with Gasteiger partial charge in [-0.2, -0.15) is 0 Å². The zero-order valence-electron chi connectivity index (χ0n) is 21.7. The zero-order chi connectivity index (χ0) is 22.6. The summed E-state index contributed by atoms with van der Waals surface area (Å²) in [5.41, 5.74) is 1.40. The van der Waals surface area contributed by atoms with Gasteiger partial charge in [-0.3, -0.25) is 4.79 Å². The summed E-state index contributed by atoms with van der Waals surface area (Å²) in [4.78, 5) is 12.8. The molecule has 1 heteroatoms. The first kappa shape index (κ1) is 22.2. The normalized spacial score (nSPS) is 55.4. The van der Waals surface area contributed by atoms with Crippen molar-refractivity contribution >= 4 is 5.78 Å². The minimum Gasteiger partial charge on any atom is -0.294 e. The highest BCUT2D eigenvalue weighted by Crippen LogP contribution is 2.76. The molecule has 5 rings (SSSR count). The van der Waals surface area contributed by atoms with Crippen molar-refractivity contribution in [1.29, 1.82) is 0 Å². The molecule has 9 unspecified atom stereocenters. The van der Waals surface area contributed by atoms with Crippen molar-refractivity contribution in [3.63, 3.8) is 0 Å². The van der Waals surface area contributed by atoms with Gasteiger partial charge in [-0.05, 0) is 115 Å². The summed E-state index contributed by atoms with van der Waals surface area (Å²) in [5.74, 6) is 5.14. The van der Waals surface area contributed by atoms with Crippen LogP contribution < -0.4 is 0 Å². The van der Waals surface area contributed by atoms with E-state index in [0.717, 1.165) is 23.7 Å². The van der Waals surface area contributed by atoms with Crippen molar-refractivity contribution in [2.75, 3.05) is 0 Å². The Balaban J connectivity index is 1.57. The first-order valence-electron chi connectivity index (χ1n) is 13.5. The molecule has 0 aromatic rings. The van der Waals surface area contributed by atoms with Gasteiger partial charge in [0.25, 0.3) is 0 Å². The maximum absolute atomic E-state index is 12.8. The minimum atomic E-state index is -0.206. The van der Waals surface area contributed by atoms with Crippen LogP contribution in [0.25, 0.3) is 0 Å². The molecule has 174 valence electrons. The van der Waals surface area contributed by atoms with Crippen molar-refractivity contribution in [2.24, 2.45) is 62.6 Å². The highest BCUT2D eigenvalue weighted by Gasteiger charge is 2.69. The lowest BCUT2D eigenvalue weighted by Gasteiger charge is -2.71. The van der Waals surface area contributed by atoms with E-state index in [1.54, 1.807) is 0 Å². The topological polar surface area (TPSA) is 17.1 Å². The van der Waals surface area contributed by atoms with Crippen LogP contribution in [0.5, 0.6) is 0 Å². The molecule has 0 amide bonds. The second-order valence-corrected chi connectivity index (χ2v) is 14.6. The second-order valence-electron chi connectivity index (χ2n) is 14.6. The zero-order valence-corrected chi connectivity index (χ0v) is 21.7. The van der Waals surface area contributed by atoms with Gasteiger partial charge in [-0.1, -0.05) is 61.5 Å². The number of carbonyl (C=O) groups is 1. The lowest BCUT2D eigenvalue weighted by atomic mass is 9.33. The van der Waals surface area contributed by atoms with Crippen molar-refractivity contribution in [2.45, 2.75) is 107 Å². The molecule has 0 spiro atoms. The molecule has 9 atom stereocenters. The van der Waals surface area contributed by atoms with E-state index in [-0.39, 0.29) is 10.8 Å². The number of allylic oxidation sites excluding steroid dienone is 2. The Bertz CT molecular complexity index is 805. The quantitative estimate of drug-likeness (QED) is 0.415. The van der Waals surface area contributed by atoms with Gasteiger partial charge < -0.3 is 0 Å². The second kappa shape index (κ2) is 6.50. The van der Waals surface area contributed by atoms with Gasteiger partial charge in [-0.25, -0.2) is 0 Å². The third-order valence-electron chi connectivity index (χ3n) is 13.0. The first-order valence-corrected chi connectivity index (χ1v) is 13.5. The van der Waals surface area contributed by atoms with Crippen molar-refractivity contribution in [1.82, 2.24) is 0 Å². The molecule has 0 aromatic carbocycles. The molecule has 4 fully saturated rings. The van der Waals surface area contributed by atoms with Gasteiger partial charge >= 0.3 is 0 Å². The molecule has 31 heavy (non-hydrogen) atoms. The van der Waals surface area contributed by atoms with Crippen LogP contribution >= 0.6 is 0 Å². The number of hydrogen-bond acceptors (Lipinski definition) is 1. The smallest absolute Gasteiger partial charge is 0.161 e. The van der Waals surface area contributed by atoms with E-state index in [0.29, 0.717) is 33.9 Å². The van der Waals surface area contributed by atoms with E-state index in [1.807, 2.05) is 6.08 Å². The summed E-state index contributed by atoms with van der Waals surface area (Å²) in [6.07, 6.45) is 15.5. The Morgan fingerprint density at radius 2 is 1.52 bits per heavy atom. The lowest BCUT2D eigenvalue weighted by Crippen LogP contribution is -2.65. The standard InChI is InChI=1S/C30H48O/c1-19(2)20-11-14-27(5)17-18-29(7)21(25(20)27)9-10-23-28(6)15-13-24(31)26(3,4)22(28)12-16-30(23,29)8/h13,15,19-23,25H,9-12,14,16-18H2,1-8H3. The van der Waals surface area contributed by atoms with Crippen LogP contribution in [-0.2, 0) is 4.79 Å². The van der Waals surface area contributed by atoms with Crippen LogP contribution in [-0.4, -0.2) is 5.78 Å². The predicted octanol–water partition coefficient (Wildman–Crippen LogP) is 8.09. The molecule has 0 N–H and O–H groups in total. The molecule has 0 radical (unpaired) electrons. The molecule has 0 aliphatic heterocycles. The molecule has 5 aliphatic carbocycles. The molecule has 1 nitrogen and oxygen atoms in total. The average molecular weight is 425 g/mol. The lowest BCUT2D eigenvalue weighted by molar-refractivity contribution is -0.218. The Labute approximate surface area is 192 Å². The molecule has 5 aliphatic rings. The maximum Gasteiger partial charge on any atom is 0.161 e. The number of carbonyl (C=O) groups excluding carboxylic acids is 1. The Morgan fingerprint density at radius 3 is 2.19 bits per heavy atom. The largest absolute Gasteiger partial charge is 0.294 e. The van der Waals surface area contributed by atoms with E-state index in [4.69, 9.17) is 0 Å². The fraction of sp³-hybridized carbons (Fsp3) is 0.900. The summed E-state index contributed by atoms with van der Waals surface area (Å²) in [7, 11) is 0. The van der Waals surface area contributed by atoms with Gasteiger partial charge in [0.15, 0.2) is 5.78 Å². The highest BCUT2D eigenvalue weighted by atomic mass is 16.1. The monoisotopic (exact) mass is 424 g/mol. The van der Waals surface area contributed by atoms with Crippen molar-refractivity contribution in [3.05, 3.63) is 12.2 Å². The molecular weight excluding hydrogens is 376 g/mol. The molecule has 4 saturated carbocycles. The van der Waals surface area contributed by atoms with E-state index in [1.165, 1.54) is 51.4 Å². The maximum atomic E-state index is 12.8. The Morgan fingerprint density at radius 1 is 0.806 bits per heavy atom. The number of ketones is 1. The number of fused-ring (bicyclic) bond motifs is 7. The van der Waals surface area contributed by atoms with Crippen LogP contribution in [0.3, 0.4) is 0 Å². The van der Waals surface area contributed by atoms with Crippen LogP contribution in [0.4, 0.5) is 0 Å².